The van der Waals surface area contributed by atoms with Gasteiger partial charge in [-0.2, -0.15) is 0 Å². The zero-order valence-corrected chi connectivity index (χ0v) is 12.7. The Hall–Kier alpha value is -1.44. The molecule has 0 saturated heterocycles. The van der Waals surface area contributed by atoms with E-state index in [1.165, 1.54) is 11.3 Å². The van der Waals surface area contributed by atoms with Gasteiger partial charge in [0.25, 0.3) is 0 Å². The van der Waals surface area contributed by atoms with Gasteiger partial charge in [0.1, 0.15) is 16.7 Å². The number of thiophene rings is 1. The van der Waals surface area contributed by atoms with Gasteiger partial charge in [-0.15, -0.1) is 11.3 Å². The molecule has 0 aliphatic carbocycles. The standard InChI is InChI=1S/C12H15ClN4O2S/c1-7(10(18)14-4-5-19-2)15-9-8-3-6-20-11(8)17-12(13)16-9/h3,6-7H,4-5H2,1-2H3,(H,14,18)(H,15,16,17). The molecule has 0 saturated carbocycles. The molecule has 2 aromatic heterocycles. The van der Waals surface area contributed by atoms with Gasteiger partial charge in [0, 0.05) is 13.7 Å². The minimum atomic E-state index is -0.430. The Morgan fingerprint density at radius 1 is 1.55 bits per heavy atom. The molecule has 1 atom stereocenters. The molecule has 108 valence electrons. The number of carbonyl (C=O) groups excluding carboxylic acids is 1. The molecule has 0 aliphatic heterocycles. The monoisotopic (exact) mass is 314 g/mol. The van der Waals surface area contributed by atoms with Crippen molar-refractivity contribution in [3.05, 3.63) is 16.7 Å². The van der Waals surface area contributed by atoms with Crippen molar-refractivity contribution in [2.45, 2.75) is 13.0 Å². The summed E-state index contributed by atoms with van der Waals surface area (Å²) in [6, 6.07) is 1.47. The first-order valence-corrected chi connectivity index (χ1v) is 7.31. The molecule has 8 heteroatoms. The molecular formula is C12H15ClN4O2S. The normalized spacial score (nSPS) is 12.3. The Labute approximate surface area is 125 Å². The quantitative estimate of drug-likeness (QED) is 0.629. The number of carbonyl (C=O) groups is 1. The van der Waals surface area contributed by atoms with Gasteiger partial charge in [-0.3, -0.25) is 4.79 Å². The second kappa shape index (κ2) is 6.83. The van der Waals surface area contributed by atoms with Crippen molar-refractivity contribution >= 4 is 44.9 Å². The van der Waals surface area contributed by atoms with E-state index in [-0.39, 0.29) is 11.2 Å². The minimum Gasteiger partial charge on any atom is -0.383 e. The van der Waals surface area contributed by atoms with Crippen LogP contribution in [0.5, 0.6) is 0 Å². The van der Waals surface area contributed by atoms with Gasteiger partial charge in [-0.25, -0.2) is 9.97 Å². The van der Waals surface area contributed by atoms with Gasteiger partial charge in [-0.05, 0) is 30.0 Å². The fourth-order valence-electron chi connectivity index (χ4n) is 1.64. The number of ether oxygens (including phenoxy) is 1. The molecule has 0 fully saturated rings. The van der Waals surface area contributed by atoms with Crippen molar-refractivity contribution in [1.29, 1.82) is 0 Å². The smallest absolute Gasteiger partial charge is 0.242 e. The van der Waals surface area contributed by atoms with Gasteiger partial charge < -0.3 is 15.4 Å². The van der Waals surface area contributed by atoms with Crippen LogP contribution < -0.4 is 10.6 Å². The largest absolute Gasteiger partial charge is 0.383 e. The maximum Gasteiger partial charge on any atom is 0.242 e. The summed E-state index contributed by atoms with van der Waals surface area (Å²) in [4.78, 5) is 20.9. The third-order valence-corrected chi connectivity index (χ3v) is 3.63. The molecule has 20 heavy (non-hydrogen) atoms. The average molecular weight is 315 g/mol. The number of hydrogen-bond acceptors (Lipinski definition) is 6. The van der Waals surface area contributed by atoms with Crippen LogP contribution in [0.15, 0.2) is 11.4 Å². The fourth-order valence-corrected chi connectivity index (χ4v) is 2.62. The van der Waals surface area contributed by atoms with Crippen molar-refractivity contribution in [3.8, 4) is 0 Å². The van der Waals surface area contributed by atoms with Crippen molar-refractivity contribution in [3.63, 3.8) is 0 Å². The van der Waals surface area contributed by atoms with Crippen LogP contribution in [-0.2, 0) is 9.53 Å². The lowest BCUT2D eigenvalue weighted by Gasteiger charge is -2.15. The predicted molar refractivity (Wildman–Crippen MR) is 80.4 cm³/mol. The number of nitrogens with zero attached hydrogens (tertiary/aromatic N) is 2. The molecule has 2 aromatic rings. The van der Waals surface area contributed by atoms with Crippen LogP contribution in [0.25, 0.3) is 10.2 Å². The van der Waals surface area contributed by atoms with E-state index in [0.29, 0.717) is 19.0 Å². The van der Waals surface area contributed by atoms with Gasteiger partial charge >= 0.3 is 0 Å². The van der Waals surface area contributed by atoms with Crippen LogP contribution in [-0.4, -0.2) is 42.2 Å². The zero-order valence-electron chi connectivity index (χ0n) is 11.1. The lowest BCUT2D eigenvalue weighted by atomic mass is 10.3. The molecule has 0 aliphatic rings. The Balaban J connectivity index is 2.07. The molecule has 0 aromatic carbocycles. The maximum absolute atomic E-state index is 11.9. The van der Waals surface area contributed by atoms with Crippen molar-refractivity contribution < 1.29 is 9.53 Å². The summed E-state index contributed by atoms with van der Waals surface area (Å²) in [5.41, 5.74) is 0. The Kier molecular flexibility index (Phi) is 5.11. The van der Waals surface area contributed by atoms with E-state index in [4.69, 9.17) is 16.3 Å². The molecule has 2 N–H and O–H groups in total. The van der Waals surface area contributed by atoms with Crippen LogP contribution in [0.1, 0.15) is 6.92 Å². The van der Waals surface area contributed by atoms with Crippen molar-refractivity contribution in [2.24, 2.45) is 0 Å². The minimum absolute atomic E-state index is 0.125. The number of amides is 1. The third-order valence-electron chi connectivity index (χ3n) is 2.65. The summed E-state index contributed by atoms with van der Waals surface area (Å²) in [6.45, 7) is 2.71. The van der Waals surface area contributed by atoms with Crippen LogP contribution in [0, 0.1) is 0 Å². The first-order chi connectivity index (χ1) is 9.61. The molecule has 2 rings (SSSR count). The average Bonchev–Trinajstić information content (AvgIpc) is 2.86. The van der Waals surface area contributed by atoms with Gasteiger partial charge in [0.2, 0.25) is 11.2 Å². The van der Waals surface area contributed by atoms with Crippen LogP contribution >= 0.6 is 22.9 Å². The van der Waals surface area contributed by atoms with E-state index >= 15 is 0 Å². The summed E-state index contributed by atoms with van der Waals surface area (Å²) in [5.74, 6) is 0.441. The highest BCUT2D eigenvalue weighted by atomic mass is 35.5. The molecule has 6 nitrogen and oxygen atoms in total. The topological polar surface area (TPSA) is 76.1 Å². The Bertz CT molecular complexity index is 604. The molecule has 1 amide bonds. The van der Waals surface area contributed by atoms with Crippen LogP contribution in [0.2, 0.25) is 5.28 Å². The van der Waals surface area contributed by atoms with E-state index in [2.05, 4.69) is 20.6 Å². The second-order valence-corrected chi connectivity index (χ2v) is 5.36. The Morgan fingerprint density at radius 2 is 2.35 bits per heavy atom. The highest BCUT2D eigenvalue weighted by Crippen LogP contribution is 2.26. The first kappa shape index (κ1) is 15.0. The number of nitrogens with one attached hydrogen (secondary N) is 2. The lowest BCUT2D eigenvalue weighted by molar-refractivity contribution is -0.121. The first-order valence-electron chi connectivity index (χ1n) is 6.05. The zero-order chi connectivity index (χ0) is 14.5. The fraction of sp³-hybridized carbons (Fsp3) is 0.417. The lowest BCUT2D eigenvalue weighted by Crippen LogP contribution is -2.39. The SMILES string of the molecule is COCCNC(=O)C(C)Nc1nc(Cl)nc2sccc12. The molecular weight excluding hydrogens is 300 g/mol. The molecule has 2 heterocycles. The second-order valence-electron chi connectivity index (χ2n) is 4.13. The molecule has 1 unspecified atom stereocenters. The molecule has 0 radical (unpaired) electrons. The van der Waals surface area contributed by atoms with E-state index in [0.717, 1.165) is 10.2 Å². The number of halogens is 1. The van der Waals surface area contributed by atoms with E-state index in [1.807, 2.05) is 11.4 Å². The van der Waals surface area contributed by atoms with Gasteiger partial charge in [-0.1, -0.05) is 0 Å². The van der Waals surface area contributed by atoms with E-state index in [1.54, 1.807) is 14.0 Å². The summed E-state index contributed by atoms with van der Waals surface area (Å²) in [5, 5.41) is 8.74. The molecule has 0 bridgehead atoms. The van der Waals surface area contributed by atoms with Gasteiger partial charge in [0.15, 0.2) is 0 Å². The van der Waals surface area contributed by atoms with Crippen molar-refractivity contribution in [2.75, 3.05) is 25.6 Å². The van der Waals surface area contributed by atoms with Crippen LogP contribution in [0.4, 0.5) is 5.82 Å². The predicted octanol–water partition coefficient (Wildman–Crippen LogP) is 1.91. The summed E-state index contributed by atoms with van der Waals surface area (Å²) in [7, 11) is 1.59. The number of anilines is 1. The number of rotatable bonds is 6. The van der Waals surface area contributed by atoms with E-state index in [9.17, 15) is 4.79 Å². The number of aromatic nitrogens is 2. The maximum atomic E-state index is 11.9. The number of fused-ring (bicyclic) bond motifs is 1. The molecule has 0 spiro atoms. The summed E-state index contributed by atoms with van der Waals surface area (Å²) >= 11 is 7.35. The van der Waals surface area contributed by atoms with Gasteiger partial charge in [0.05, 0.1) is 12.0 Å². The highest BCUT2D eigenvalue weighted by molar-refractivity contribution is 7.16. The number of methoxy groups -OCH3 is 1. The van der Waals surface area contributed by atoms with Crippen molar-refractivity contribution in [1.82, 2.24) is 15.3 Å². The Morgan fingerprint density at radius 3 is 3.10 bits per heavy atom. The van der Waals surface area contributed by atoms with E-state index < -0.39 is 6.04 Å². The highest BCUT2D eigenvalue weighted by Gasteiger charge is 2.15. The van der Waals surface area contributed by atoms with Crippen LogP contribution in [0.3, 0.4) is 0 Å². The summed E-state index contributed by atoms with van der Waals surface area (Å²) < 4.78 is 4.88. The summed E-state index contributed by atoms with van der Waals surface area (Å²) in [6.07, 6.45) is 0. The third kappa shape index (κ3) is 3.56. The number of hydrogen-bond donors (Lipinski definition) is 2.